The van der Waals surface area contributed by atoms with E-state index in [1.165, 1.54) is 31.4 Å². The lowest BCUT2D eigenvalue weighted by Crippen LogP contribution is -2.42. The SMILES string of the molecule is COc1ccccc1OCCNC(=O)CN(c1cc(C(F)(F)F)ccc1Cl)S(=O)(=O)c1ccccc1. The Bertz CT molecular complexity index is 1300. The number of carbonyl (C=O) groups excluding carboxylic acids is 1. The Hall–Kier alpha value is -3.44. The van der Waals surface area contributed by atoms with E-state index in [2.05, 4.69) is 5.32 Å². The summed E-state index contributed by atoms with van der Waals surface area (Å²) in [6.07, 6.45) is -4.75. The van der Waals surface area contributed by atoms with Gasteiger partial charge in [0.2, 0.25) is 5.91 Å². The van der Waals surface area contributed by atoms with E-state index < -0.39 is 39.9 Å². The Morgan fingerprint density at radius 1 is 1.00 bits per heavy atom. The summed E-state index contributed by atoms with van der Waals surface area (Å²) in [5.74, 6) is 0.160. The van der Waals surface area contributed by atoms with Crippen molar-refractivity contribution >= 4 is 33.2 Å². The van der Waals surface area contributed by atoms with E-state index in [0.29, 0.717) is 21.9 Å². The molecule has 192 valence electrons. The third-order valence-electron chi connectivity index (χ3n) is 4.91. The Morgan fingerprint density at radius 2 is 1.64 bits per heavy atom. The molecule has 0 fully saturated rings. The highest BCUT2D eigenvalue weighted by Crippen LogP contribution is 2.37. The minimum atomic E-state index is -4.75. The molecule has 3 aromatic rings. The Kier molecular flexibility index (Phi) is 8.70. The molecule has 1 amide bonds. The first kappa shape index (κ1) is 27.2. The fourth-order valence-corrected chi connectivity index (χ4v) is 4.90. The molecule has 0 aliphatic rings. The number of ether oxygens (including phenoxy) is 2. The summed E-state index contributed by atoms with van der Waals surface area (Å²) in [6.45, 7) is -0.790. The largest absolute Gasteiger partial charge is 0.493 e. The van der Waals surface area contributed by atoms with Crippen molar-refractivity contribution < 1.29 is 35.9 Å². The number of nitrogens with one attached hydrogen (secondary N) is 1. The average Bonchev–Trinajstić information content (AvgIpc) is 2.85. The van der Waals surface area contributed by atoms with E-state index >= 15 is 0 Å². The van der Waals surface area contributed by atoms with E-state index in [1.807, 2.05) is 0 Å². The number of methoxy groups -OCH3 is 1. The van der Waals surface area contributed by atoms with Crippen LogP contribution in [0.3, 0.4) is 0 Å². The summed E-state index contributed by atoms with van der Waals surface area (Å²) >= 11 is 6.10. The second-order valence-electron chi connectivity index (χ2n) is 7.34. The van der Waals surface area contributed by atoms with Gasteiger partial charge in [0.1, 0.15) is 13.2 Å². The molecule has 1 N–H and O–H groups in total. The molecule has 0 aliphatic heterocycles. The lowest BCUT2D eigenvalue weighted by Gasteiger charge is -2.26. The first-order valence-electron chi connectivity index (χ1n) is 10.5. The summed E-state index contributed by atoms with van der Waals surface area (Å²) in [7, 11) is -2.97. The van der Waals surface area contributed by atoms with Gasteiger partial charge in [-0.3, -0.25) is 9.10 Å². The van der Waals surface area contributed by atoms with Gasteiger partial charge in [0.05, 0.1) is 34.8 Å². The number of para-hydroxylation sites is 2. The van der Waals surface area contributed by atoms with E-state index in [1.54, 1.807) is 30.3 Å². The number of halogens is 4. The maximum absolute atomic E-state index is 13.3. The van der Waals surface area contributed by atoms with Crippen LogP contribution in [-0.2, 0) is 21.0 Å². The lowest BCUT2D eigenvalue weighted by molar-refractivity contribution is -0.137. The highest BCUT2D eigenvalue weighted by Gasteiger charge is 2.34. The zero-order chi connectivity index (χ0) is 26.3. The number of benzene rings is 3. The van der Waals surface area contributed by atoms with Gasteiger partial charge in [-0.05, 0) is 42.5 Å². The van der Waals surface area contributed by atoms with Crippen LogP contribution in [0.2, 0.25) is 5.02 Å². The van der Waals surface area contributed by atoms with Gasteiger partial charge in [0.25, 0.3) is 10.0 Å². The summed E-state index contributed by atoms with van der Waals surface area (Å²) in [5.41, 5.74) is -1.59. The van der Waals surface area contributed by atoms with Crippen molar-refractivity contribution in [2.75, 3.05) is 31.1 Å². The highest BCUT2D eigenvalue weighted by molar-refractivity contribution is 7.92. The highest BCUT2D eigenvalue weighted by atomic mass is 35.5. The van der Waals surface area contributed by atoms with Crippen LogP contribution in [-0.4, -0.2) is 41.1 Å². The van der Waals surface area contributed by atoms with Crippen LogP contribution in [0.4, 0.5) is 18.9 Å². The third-order valence-corrected chi connectivity index (χ3v) is 7.01. The van der Waals surface area contributed by atoms with Crippen LogP contribution in [0.1, 0.15) is 5.56 Å². The molecule has 0 bridgehead atoms. The predicted octanol–water partition coefficient (Wildman–Crippen LogP) is 4.76. The van der Waals surface area contributed by atoms with Gasteiger partial charge in [-0.2, -0.15) is 13.2 Å². The molecule has 0 atom stereocenters. The number of hydrogen-bond donors (Lipinski definition) is 1. The second-order valence-corrected chi connectivity index (χ2v) is 9.61. The zero-order valence-electron chi connectivity index (χ0n) is 19.0. The smallest absolute Gasteiger partial charge is 0.416 e. The van der Waals surface area contributed by atoms with Crippen molar-refractivity contribution in [2.24, 2.45) is 0 Å². The first-order chi connectivity index (χ1) is 17.0. The van der Waals surface area contributed by atoms with Gasteiger partial charge in [-0.1, -0.05) is 41.9 Å². The fourth-order valence-electron chi connectivity index (χ4n) is 3.18. The summed E-state index contributed by atoms with van der Waals surface area (Å²) in [4.78, 5) is 12.5. The maximum Gasteiger partial charge on any atom is 0.416 e. The van der Waals surface area contributed by atoms with Gasteiger partial charge in [-0.15, -0.1) is 0 Å². The Labute approximate surface area is 211 Å². The summed E-state index contributed by atoms with van der Waals surface area (Å²) < 4.78 is 77.9. The minimum absolute atomic E-state index is 0.00751. The summed E-state index contributed by atoms with van der Waals surface area (Å²) in [6, 6.07) is 16.1. The van der Waals surface area contributed by atoms with E-state index in [9.17, 15) is 26.4 Å². The molecule has 0 radical (unpaired) electrons. The first-order valence-corrected chi connectivity index (χ1v) is 12.3. The van der Waals surface area contributed by atoms with Gasteiger partial charge < -0.3 is 14.8 Å². The number of alkyl halides is 3. The molecule has 36 heavy (non-hydrogen) atoms. The normalized spacial score (nSPS) is 11.6. The van der Waals surface area contributed by atoms with Crippen molar-refractivity contribution in [3.63, 3.8) is 0 Å². The number of nitrogens with zero attached hydrogens (tertiary/aromatic N) is 1. The van der Waals surface area contributed by atoms with Crippen LogP contribution in [0.25, 0.3) is 0 Å². The van der Waals surface area contributed by atoms with Crippen molar-refractivity contribution in [3.05, 3.63) is 83.4 Å². The quantitative estimate of drug-likeness (QED) is 0.374. The van der Waals surface area contributed by atoms with Gasteiger partial charge in [0, 0.05) is 0 Å². The molecular weight excluding hydrogens is 521 g/mol. The second kappa shape index (κ2) is 11.5. The minimum Gasteiger partial charge on any atom is -0.493 e. The molecule has 3 aromatic carbocycles. The monoisotopic (exact) mass is 542 g/mol. The van der Waals surface area contributed by atoms with Gasteiger partial charge >= 0.3 is 6.18 Å². The van der Waals surface area contributed by atoms with Crippen molar-refractivity contribution in [1.82, 2.24) is 5.32 Å². The molecular formula is C24H22ClF3N2O5S. The number of carbonyl (C=O) groups is 1. The molecule has 0 spiro atoms. The molecule has 0 unspecified atom stereocenters. The number of hydrogen-bond acceptors (Lipinski definition) is 5. The zero-order valence-corrected chi connectivity index (χ0v) is 20.5. The maximum atomic E-state index is 13.3. The van der Waals surface area contributed by atoms with Crippen LogP contribution >= 0.6 is 11.6 Å². The Morgan fingerprint density at radius 3 is 2.28 bits per heavy atom. The van der Waals surface area contributed by atoms with Crippen molar-refractivity contribution in [3.8, 4) is 11.5 Å². The molecule has 0 saturated carbocycles. The van der Waals surface area contributed by atoms with E-state index in [-0.39, 0.29) is 23.1 Å². The van der Waals surface area contributed by atoms with Crippen LogP contribution in [0.5, 0.6) is 11.5 Å². The third kappa shape index (κ3) is 6.61. The van der Waals surface area contributed by atoms with Crippen molar-refractivity contribution in [2.45, 2.75) is 11.1 Å². The lowest BCUT2D eigenvalue weighted by atomic mass is 10.2. The standard InChI is InChI=1S/C24H22ClF3N2O5S/c1-34-21-9-5-6-10-22(21)35-14-13-29-23(31)16-30(36(32,33)18-7-3-2-4-8-18)20-15-17(24(26,27)28)11-12-19(20)25/h2-12,15H,13-14,16H2,1H3,(H,29,31). The summed E-state index contributed by atoms with van der Waals surface area (Å²) in [5, 5.41) is 2.23. The fraction of sp³-hybridized carbons (Fsp3) is 0.208. The molecule has 0 saturated heterocycles. The topological polar surface area (TPSA) is 84.9 Å². The van der Waals surface area contributed by atoms with Crippen LogP contribution < -0.4 is 19.1 Å². The van der Waals surface area contributed by atoms with Crippen LogP contribution in [0, 0.1) is 0 Å². The number of anilines is 1. The van der Waals surface area contributed by atoms with Crippen molar-refractivity contribution in [1.29, 1.82) is 0 Å². The van der Waals surface area contributed by atoms with Gasteiger partial charge in [-0.25, -0.2) is 8.42 Å². The number of sulfonamides is 1. The molecule has 7 nitrogen and oxygen atoms in total. The molecule has 0 heterocycles. The molecule has 0 aliphatic carbocycles. The molecule has 0 aromatic heterocycles. The molecule has 12 heteroatoms. The number of rotatable bonds is 10. The average molecular weight is 543 g/mol. The Balaban J connectivity index is 1.82. The van der Waals surface area contributed by atoms with Gasteiger partial charge in [0.15, 0.2) is 11.5 Å². The van der Waals surface area contributed by atoms with Crippen LogP contribution in [0.15, 0.2) is 77.7 Å². The van der Waals surface area contributed by atoms with E-state index in [0.717, 1.165) is 12.1 Å². The van der Waals surface area contributed by atoms with E-state index in [4.69, 9.17) is 21.1 Å². The number of amides is 1. The molecule has 3 rings (SSSR count). The predicted molar refractivity (Wildman–Crippen MR) is 129 cm³/mol.